The summed E-state index contributed by atoms with van der Waals surface area (Å²) in [5.74, 6) is -0.331. The maximum absolute atomic E-state index is 11.1. The van der Waals surface area contributed by atoms with Crippen molar-refractivity contribution in [3.63, 3.8) is 0 Å². The van der Waals surface area contributed by atoms with Gasteiger partial charge in [-0.3, -0.25) is 0 Å². The number of hydrogen-bond acceptors (Lipinski definition) is 3. The van der Waals surface area contributed by atoms with Crippen LogP contribution in [0, 0.1) is 0 Å². The van der Waals surface area contributed by atoms with E-state index >= 15 is 0 Å². The van der Waals surface area contributed by atoms with E-state index in [1.54, 1.807) is 12.3 Å². The van der Waals surface area contributed by atoms with Crippen LogP contribution >= 0.6 is 15.9 Å². The lowest BCUT2D eigenvalue weighted by atomic mass is 10.1. The number of carboxylic acid groups (broad SMARTS) is 1. The predicted molar refractivity (Wildman–Crippen MR) is 70.1 cm³/mol. The summed E-state index contributed by atoms with van der Waals surface area (Å²) in [6, 6.07) is 3.60. The molecule has 0 aromatic carbocycles. The van der Waals surface area contributed by atoms with Crippen LogP contribution in [0.2, 0.25) is 0 Å². The average Bonchev–Trinajstić information content (AvgIpc) is 2.75. The van der Waals surface area contributed by atoms with Crippen molar-refractivity contribution in [3.8, 4) is 5.82 Å². The Morgan fingerprint density at radius 1 is 1.44 bits per heavy atom. The molecule has 2 aromatic rings. The summed E-state index contributed by atoms with van der Waals surface area (Å²) < 4.78 is 2.35. The number of aromatic nitrogens is 3. The second-order valence-electron chi connectivity index (χ2n) is 4.17. The first-order valence-electron chi connectivity index (χ1n) is 5.44. The topological polar surface area (TPSA) is 68.0 Å². The quantitative estimate of drug-likeness (QED) is 0.946. The third kappa shape index (κ3) is 2.43. The monoisotopic (exact) mass is 309 g/mol. The lowest BCUT2D eigenvalue weighted by molar-refractivity contribution is 0.0695. The molecule has 0 aliphatic heterocycles. The van der Waals surface area contributed by atoms with Crippen molar-refractivity contribution >= 4 is 21.9 Å². The summed E-state index contributed by atoms with van der Waals surface area (Å²) >= 11 is 3.30. The first-order valence-corrected chi connectivity index (χ1v) is 6.23. The number of halogens is 1. The molecule has 0 spiro atoms. The van der Waals surface area contributed by atoms with Crippen LogP contribution in [0.3, 0.4) is 0 Å². The SMILES string of the molecule is CC(C)c1nn(-c2ccc(Br)cn2)cc1C(=O)O. The van der Waals surface area contributed by atoms with Crippen LogP contribution in [0.4, 0.5) is 0 Å². The number of nitrogens with zero attached hydrogens (tertiary/aromatic N) is 3. The van der Waals surface area contributed by atoms with E-state index in [2.05, 4.69) is 26.0 Å². The molecular formula is C12H12BrN3O2. The molecule has 2 aromatic heterocycles. The third-order valence-electron chi connectivity index (χ3n) is 2.47. The van der Waals surface area contributed by atoms with Gasteiger partial charge in [-0.1, -0.05) is 13.8 Å². The summed E-state index contributed by atoms with van der Waals surface area (Å²) in [5.41, 5.74) is 0.780. The number of carboxylic acids is 1. The van der Waals surface area contributed by atoms with Crippen LogP contribution in [-0.4, -0.2) is 25.8 Å². The van der Waals surface area contributed by atoms with Crippen molar-refractivity contribution in [2.24, 2.45) is 0 Å². The first-order chi connectivity index (χ1) is 8.49. The highest BCUT2D eigenvalue weighted by Gasteiger charge is 2.18. The Morgan fingerprint density at radius 3 is 2.61 bits per heavy atom. The molecule has 0 saturated heterocycles. The van der Waals surface area contributed by atoms with E-state index in [4.69, 9.17) is 5.11 Å². The van der Waals surface area contributed by atoms with Gasteiger partial charge in [0.1, 0.15) is 5.56 Å². The Hall–Kier alpha value is -1.69. The Labute approximate surface area is 113 Å². The van der Waals surface area contributed by atoms with Gasteiger partial charge in [0, 0.05) is 16.9 Å². The fourth-order valence-electron chi connectivity index (χ4n) is 1.60. The fourth-order valence-corrected chi connectivity index (χ4v) is 1.83. The van der Waals surface area contributed by atoms with Gasteiger partial charge in [-0.2, -0.15) is 5.10 Å². The zero-order chi connectivity index (χ0) is 13.3. The second-order valence-corrected chi connectivity index (χ2v) is 5.08. The van der Waals surface area contributed by atoms with Gasteiger partial charge in [-0.15, -0.1) is 0 Å². The van der Waals surface area contributed by atoms with Gasteiger partial charge >= 0.3 is 5.97 Å². The third-order valence-corrected chi connectivity index (χ3v) is 2.94. The predicted octanol–water partition coefficient (Wildman–Crippen LogP) is 2.85. The number of rotatable bonds is 3. The van der Waals surface area contributed by atoms with Gasteiger partial charge in [0.15, 0.2) is 5.82 Å². The van der Waals surface area contributed by atoms with Crippen molar-refractivity contribution < 1.29 is 9.90 Å². The van der Waals surface area contributed by atoms with Gasteiger partial charge in [0.2, 0.25) is 0 Å². The minimum absolute atomic E-state index is 0.0489. The van der Waals surface area contributed by atoms with E-state index < -0.39 is 5.97 Å². The smallest absolute Gasteiger partial charge is 0.339 e. The summed E-state index contributed by atoms with van der Waals surface area (Å²) in [6.45, 7) is 3.82. The molecule has 18 heavy (non-hydrogen) atoms. The number of aromatic carboxylic acids is 1. The van der Waals surface area contributed by atoms with Gasteiger partial charge < -0.3 is 5.11 Å². The summed E-state index contributed by atoms with van der Waals surface area (Å²) in [6.07, 6.45) is 3.14. The van der Waals surface area contributed by atoms with Crippen LogP contribution in [0.15, 0.2) is 29.0 Å². The standard InChI is InChI=1S/C12H12BrN3O2/c1-7(2)11-9(12(17)18)6-16(15-11)10-4-3-8(13)5-14-10/h3-7H,1-2H3,(H,17,18). The molecule has 0 amide bonds. The normalized spacial score (nSPS) is 10.9. The van der Waals surface area contributed by atoms with Gasteiger partial charge in [-0.05, 0) is 34.0 Å². The zero-order valence-corrected chi connectivity index (χ0v) is 11.5. The summed E-state index contributed by atoms with van der Waals surface area (Å²) in [5, 5.41) is 13.4. The molecule has 0 aliphatic rings. The Balaban J connectivity index is 2.49. The first kappa shape index (κ1) is 12.8. The molecule has 0 saturated carbocycles. The van der Waals surface area contributed by atoms with E-state index in [9.17, 15) is 4.79 Å². The van der Waals surface area contributed by atoms with Crippen LogP contribution in [0.5, 0.6) is 0 Å². The minimum Gasteiger partial charge on any atom is -0.478 e. The minimum atomic E-state index is -0.970. The van der Waals surface area contributed by atoms with Crippen molar-refractivity contribution in [2.45, 2.75) is 19.8 Å². The van der Waals surface area contributed by atoms with Crippen LogP contribution in [0.1, 0.15) is 35.8 Å². The molecule has 0 radical (unpaired) electrons. The Bertz CT molecular complexity index is 576. The molecule has 6 heteroatoms. The Morgan fingerprint density at radius 2 is 2.17 bits per heavy atom. The summed E-state index contributed by atoms with van der Waals surface area (Å²) in [4.78, 5) is 15.3. The highest BCUT2D eigenvalue weighted by Crippen LogP contribution is 2.19. The molecule has 2 rings (SSSR count). The van der Waals surface area contributed by atoms with E-state index in [0.717, 1.165) is 4.47 Å². The van der Waals surface area contributed by atoms with Crippen molar-refractivity contribution in [1.29, 1.82) is 0 Å². The number of hydrogen-bond donors (Lipinski definition) is 1. The maximum atomic E-state index is 11.1. The lowest BCUT2D eigenvalue weighted by Gasteiger charge is -2.01. The largest absolute Gasteiger partial charge is 0.478 e. The number of pyridine rings is 1. The van der Waals surface area contributed by atoms with Crippen LogP contribution < -0.4 is 0 Å². The molecule has 0 unspecified atom stereocenters. The zero-order valence-electron chi connectivity index (χ0n) is 9.96. The molecular weight excluding hydrogens is 298 g/mol. The average molecular weight is 310 g/mol. The van der Waals surface area contributed by atoms with Crippen LogP contribution in [0.25, 0.3) is 5.82 Å². The maximum Gasteiger partial charge on any atom is 0.339 e. The van der Waals surface area contributed by atoms with Gasteiger partial charge in [-0.25, -0.2) is 14.5 Å². The van der Waals surface area contributed by atoms with E-state index in [0.29, 0.717) is 11.5 Å². The van der Waals surface area contributed by atoms with E-state index in [-0.39, 0.29) is 11.5 Å². The molecule has 2 heterocycles. The van der Waals surface area contributed by atoms with Crippen LogP contribution in [-0.2, 0) is 0 Å². The summed E-state index contributed by atoms with van der Waals surface area (Å²) in [7, 11) is 0. The van der Waals surface area contributed by atoms with Gasteiger partial charge in [0.25, 0.3) is 0 Å². The highest BCUT2D eigenvalue weighted by molar-refractivity contribution is 9.10. The fraction of sp³-hybridized carbons (Fsp3) is 0.250. The lowest BCUT2D eigenvalue weighted by Crippen LogP contribution is -2.01. The van der Waals surface area contributed by atoms with Gasteiger partial charge in [0.05, 0.1) is 5.69 Å². The second kappa shape index (κ2) is 4.89. The molecule has 0 atom stereocenters. The molecule has 1 N–H and O–H groups in total. The molecule has 94 valence electrons. The van der Waals surface area contributed by atoms with Crippen molar-refractivity contribution in [3.05, 3.63) is 40.3 Å². The molecule has 0 bridgehead atoms. The van der Waals surface area contributed by atoms with E-state index in [1.807, 2.05) is 19.9 Å². The Kier molecular flexibility index (Phi) is 3.47. The van der Waals surface area contributed by atoms with Crippen molar-refractivity contribution in [2.75, 3.05) is 0 Å². The molecule has 0 fully saturated rings. The molecule has 5 nitrogen and oxygen atoms in total. The van der Waals surface area contributed by atoms with E-state index in [1.165, 1.54) is 10.9 Å². The van der Waals surface area contributed by atoms with Crippen molar-refractivity contribution in [1.82, 2.24) is 14.8 Å². The molecule has 0 aliphatic carbocycles. The number of carbonyl (C=O) groups is 1. The highest BCUT2D eigenvalue weighted by atomic mass is 79.9.